The summed E-state index contributed by atoms with van der Waals surface area (Å²) < 4.78 is 0.893. The second kappa shape index (κ2) is 3.50. The first kappa shape index (κ1) is 10.3. The number of carboxylic acids is 1. The van der Waals surface area contributed by atoms with Crippen molar-refractivity contribution >= 4 is 21.9 Å². The van der Waals surface area contributed by atoms with Crippen LogP contribution in [-0.4, -0.2) is 11.1 Å². The maximum Gasteiger partial charge on any atom is 0.336 e. The Morgan fingerprint density at radius 1 is 1.31 bits per heavy atom. The van der Waals surface area contributed by atoms with Gasteiger partial charge < -0.3 is 5.11 Å². The molecule has 0 aromatic heterocycles. The highest BCUT2D eigenvalue weighted by molar-refractivity contribution is 9.10. The minimum Gasteiger partial charge on any atom is -0.478 e. The van der Waals surface area contributed by atoms with Gasteiger partial charge in [0.1, 0.15) is 0 Å². The first-order valence-corrected chi connectivity index (χ1v) is 4.74. The number of benzene rings is 1. The van der Waals surface area contributed by atoms with Gasteiger partial charge in [-0.05, 0) is 43.5 Å². The summed E-state index contributed by atoms with van der Waals surface area (Å²) in [4.78, 5) is 10.8. The molecule has 0 amide bonds. The van der Waals surface area contributed by atoms with Gasteiger partial charge in [0.15, 0.2) is 0 Å². The molecule has 1 aromatic carbocycles. The van der Waals surface area contributed by atoms with Gasteiger partial charge in [0.25, 0.3) is 0 Å². The molecule has 0 unspecified atom stereocenters. The van der Waals surface area contributed by atoms with E-state index >= 15 is 0 Å². The van der Waals surface area contributed by atoms with E-state index in [1.165, 1.54) is 0 Å². The Balaban J connectivity index is 3.50. The average Bonchev–Trinajstić information content (AvgIpc) is 2.07. The Kier molecular flexibility index (Phi) is 2.76. The number of hydrogen-bond acceptors (Lipinski definition) is 1. The van der Waals surface area contributed by atoms with Gasteiger partial charge in [0, 0.05) is 4.47 Å². The van der Waals surface area contributed by atoms with Crippen LogP contribution in [0.1, 0.15) is 27.0 Å². The Bertz CT molecular complexity index is 370. The van der Waals surface area contributed by atoms with Crippen LogP contribution in [0, 0.1) is 20.8 Å². The van der Waals surface area contributed by atoms with Crippen molar-refractivity contribution in [2.75, 3.05) is 0 Å². The molecule has 2 nitrogen and oxygen atoms in total. The van der Waals surface area contributed by atoms with E-state index in [1.807, 2.05) is 13.8 Å². The molecule has 1 N–H and O–H groups in total. The number of aryl methyl sites for hydroxylation is 1. The lowest BCUT2D eigenvalue weighted by Crippen LogP contribution is -2.02. The van der Waals surface area contributed by atoms with Crippen LogP contribution in [0.2, 0.25) is 0 Å². The molecule has 0 radical (unpaired) electrons. The number of aromatic carboxylic acids is 1. The average molecular weight is 243 g/mol. The van der Waals surface area contributed by atoms with Gasteiger partial charge >= 0.3 is 5.97 Å². The lowest BCUT2D eigenvalue weighted by Gasteiger charge is -2.09. The van der Waals surface area contributed by atoms with Crippen LogP contribution in [0.25, 0.3) is 0 Å². The van der Waals surface area contributed by atoms with Crippen molar-refractivity contribution in [1.82, 2.24) is 0 Å². The molecule has 0 heterocycles. The van der Waals surface area contributed by atoms with Gasteiger partial charge in [0.05, 0.1) is 5.56 Å². The fourth-order valence-electron chi connectivity index (χ4n) is 1.23. The summed E-state index contributed by atoms with van der Waals surface area (Å²) in [6.07, 6.45) is 0. The molecule has 0 aliphatic heterocycles. The van der Waals surface area contributed by atoms with Gasteiger partial charge in [-0.25, -0.2) is 4.79 Å². The monoisotopic (exact) mass is 242 g/mol. The lowest BCUT2D eigenvalue weighted by atomic mass is 10.0. The molecule has 0 fully saturated rings. The van der Waals surface area contributed by atoms with E-state index in [9.17, 15) is 4.79 Å². The molecule has 1 aromatic rings. The highest BCUT2D eigenvalue weighted by Crippen LogP contribution is 2.26. The Morgan fingerprint density at radius 3 is 2.31 bits per heavy atom. The second-order valence-corrected chi connectivity index (χ2v) is 3.90. The number of hydrogen-bond donors (Lipinski definition) is 1. The van der Waals surface area contributed by atoms with Crippen LogP contribution in [0.4, 0.5) is 0 Å². The zero-order valence-electron chi connectivity index (χ0n) is 7.81. The number of rotatable bonds is 1. The predicted octanol–water partition coefficient (Wildman–Crippen LogP) is 3.07. The zero-order chi connectivity index (χ0) is 10.2. The fourth-order valence-corrected chi connectivity index (χ4v) is 1.75. The summed E-state index contributed by atoms with van der Waals surface area (Å²) >= 11 is 3.39. The number of carboxylic acid groups (broad SMARTS) is 1. The van der Waals surface area contributed by atoms with Gasteiger partial charge in [-0.15, -0.1) is 0 Å². The van der Waals surface area contributed by atoms with Crippen molar-refractivity contribution in [2.45, 2.75) is 20.8 Å². The summed E-state index contributed by atoms with van der Waals surface area (Å²) in [6, 6.07) is 1.71. The third-order valence-electron chi connectivity index (χ3n) is 2.25. The highest BCUT2D eigenvalue weighted by Gasteiger charge is 2.12. The van der Waals surface area contributed by atoms with Crippen LogP contribution < -0.4 is 0 Å². The molecule has 0 saturated heterocycles. The minimum atomic E-state index is -0.874. The maximum absolute atomic E-state index is 10.8. The van der Waals surface area contributed by atoms with Crippen molar-refractivity contribution in [2.24, 2.45) is 0 Å². The van der Waals surface area contributed by atoms with Crippen molar-refractivity contribution in [1.29, 1.82) is 0 Å². The van der Waals surface area contributed by atoms with E-state index in [2.05, 4.69) is 15.9 Å². The smallest absolute Gasteiger partial charge is 0.336 e. The lowest BCUT2D eigenvalue weighted by molar-refractivity contribution is 0.0696. The molecule has 70 valence electrons. The van der Waals surface area contributed by atoms with Gasteiger partial charge in [0.2, 0.25) is 0 Å². The normalized spacial score (nSPS) is 10.2. The molecule has 0 aliphatic carbocycles. The van der Waals surface area contributed by atoms with E-state index in [1.54, 1.807) is 13.0 Å². The number of halogens is 1. The Morgan fingerprint density at radius 2 is 1.85 bits per heavy atom. The van der Waals surface area contributed by atoms with E-state index in [0.29, 0.717) is 5.56 Å². The maximum atomic E-state index is 10.8. The summed E-state index contributed by atoms with van der Waals surface area (Å²) in [5.74, 6) is -0.874. The Labute approximate surface area is 85.7 Å². The van der Waals surface area contributed by atoms with Gasteiger partial charge in [-0.1, -0.05) is 15.9 Å². The van der Waals surface area contributed by atoms with Crippen molar-refractivity contribution in [3.63, 3.8) is 0 Å². The van der Waals surface area contributed by atoms with E-state index in [0.717, 1.165) is 21.2 Å². The zero-order valence-corrected chi connectivity index (χ0v) is 9.40. The molecule has 0 bridgehead atoms. The molecule has 0 atom stereocenters. The van der Waals surface area contributed by atoms with Crippen molar-refractivity contribution in [3.05, 3.63) is 32.8 Å². The largest absolute Gasteiger partial charge is 0.478 e. The molecule has 0 spiro atoms. The molecule has 13 heavy (non-hydrogen) atoms. The van der Waals surface area contributed by atoms with Crippen molar-refractivity contribution in [3.8, 4) is 0 Å². The van der Waals surface area contributed by atoms with E-state index < -0.39 is 5.97 Å². The fraction of sp³-hybridized carbons (Fsp3) is 0.300. The van der Waals surface area contributed by atoms with Gasteiger partial charge in [-0.3, -0.25) is 0 Å². The van der Waals surface area contributed by atoms with Crippen LogP contribution in [-0.2, 0) is 0 Å². The van der Waals surface area contributed by atoms with E-state index in [-0.39, 0.29) is 0 Å². The van der Waals surface area contributed by atoms with Crippen LogP contribution in [0.5, 0.6) is 0 Å². The molecule has 0 aliphatic rings. The predicted molar refractivity (Wildman–Crippen MR) is 55.3 cm³/mol. The highest BCUT2D eigenvalue weighted by atomic mass is 79.9. The topological polar surface area (TPSA) is 37.3 Å². The van der Waals surface area contributed by atoms with Crippen molar-refractivity contribution < 1.29 is 9.90 Å². The molecular weight excluding hydrogens is 232 g/mol. The molecule has 1 rings (SSSR count). The summed E-state index contributed by atoms with van der Waals surface area (Å²) in [7, 11) is 0. The van der Waals surface area contributed by atoms with Crippen LogP contribution >= 0.6 is 15.9 Å². The minimum absolute atomic E-state index is 0.370. The van der Waals surface area contributed by atoms with Gasteiger partial charge in [-0.2, -0.15) is 0 Å². The standard InChI is InChI=1S/C10H11BrO2/c1-5-4-8(10(12)13)7(3)9(11)6(5)2/h4H,1-3H3,(H,12,13). The first-order valence-electron chi connectivity index (χ1n) is 3.94. The number of carbonyl (C=O) groups is 1. The van der Waals surface area contributed by atoms with Crippen LogP contribution in [0.3, 0.4) is 0 Å². The van der Waals surface area contributed by atoms with Crippen LogP contribution in [0.15, 0.2) is 10.5 Å². The Hall–Kier alpha value is -0.830. The third kappa shape index (κ3) is 1.75. The summed E-state index contributed by atoms with van der Waals surface area (Å²) in [5, 5.41) is 8.88. The summed E-state index contributed by atoms with van der Waals surface area (Å²) in [6.45, 7) is 5.68. The molecular formula is C10H11BrO2. The third-order valence-corrected chi connectivity index (χ3v) is 3.43. The second-order valence-electron chi connectivity index (χ2n) is 3.11. The summed E-state index contributed by atoms with van der Waals surface area (Å²) in [5.41, 5.74) is 3.25. The van der Waals surface area contributed by atoms with E-state index in [4.69, 9.17) is 5.11 Å². The SMILES string of the molecule is Cc1cc(C(=O)O)c(C)c(Br)c1C. The molecule has 3 heteroatoms. The first-order chi connectivity index (χ1) is 5.95. The molecule has 0 saturated carbocycles. The quantitative estimate of drug-likeness (QED) is 0.822.